The number of nitrogens with one attached hydrogen (secondary N) is 4. The third-order valence-electron chi connectivity index (χ3n) is 14.9. The van der Waals surface area contributed by atoms with Gasteiger partial charge in [-0.1, -0.05) is 67.9 Å². The number of fused-ring (bicyclic) bond motifs is 1. The molecule has 14 nitrogen and oxygen atoms in total. The summed E-state index contributed by atoms with van der Waals surface area (Å²) in [5.74, 6) is -2.94. The summed E-state index contributed by atoms with van der Waals surface area (Å²) in [5, 5.41) is 8.99. The van der Waals surface area contributed by atoms with E-state index in [1.54, 1.807) is 11.0 Å². The average Bonchev–Trinajstić information content (AvgIpc) is 3.51. The first-order valence-electron chi connectivity index (χ1n) is 20.7. The minimum absolute atomic E-state index is 0.0247. The fourth-order valence-corrected chi connectivity index (χ4v) is 12.1. The van der Waals surface area contributed by atoms with Gasteiger partial charge in [-0.15, -0.1) is 6.58 Å². The fourth-order valence-electron chi connectivity index (χ4n) is 10.9. The summed E-state index contributed by atoms with van der Waals surface area (Å²) in [6.45, 7) is 25.3. The normalized spacial score (nSPS) is 31.9. The molecule has 0 unspecified atom stereocenters. The number of hydrogen-bond donors (Lipinski definition) is 4. The Hall–Kier alpha value is -3.04. The van der Waals surface area contributed by atoms with Crippen LogP contribution in [0, 0.1) is 33.0 Å². The van der Waals surface area contributed by atoms with Crippen LogP contribution in [0.4, 0.5) is 0 Å². The molecule has 7 atom stereocenters. The molecule has 5 amide bonds. The van der Waals surface area contributed by atoms with Crippen molar-refractivity contribution in [2.45, 2.75) is 156 Å². The van der Waals surface area contributed by atoms with Crippen LogP contribution in [-0.2, 0) is 34.2 Å². The summed E-state index contributed by atoms with van der Waals surface area (Å²) in [7, 11) is -4.11. The summed E-state index contributed by atoms with van der Waals surface area (Å²) >= 11 is 0. The lowest BCUT2D eigenvalue weighted by Gasteiger charge is -2.44. The number of rotatable bonds is 12. The number of amides is 5. The van der Waals surface area contributed by atoms with Crippen LogP contribution in [-0.4, -0.2) is 114 Å². The highest BCUT2D eigenvalue weighted by atomic mass is 32.2. The second-order valence-corrected chi connectivity index (χ2v) is 22.3. The third kappa shape index (κ3) is 6.78. The number of hydrogen-bond acceptors (Lipinski definition) is 8. The van der Waals surface area contributed by atoms with Crippen LogP contribution < -0.4 is 20.7 Å². The quantitative estimate of drug-likeness (QED) is 0.218. The second kappa shape index (κ2) is 14.1. The maximum Gasteiger partial charge on any atom is 0.303 e. The molecule has 56 heavy (non-hydrogen) atoms. The lowest BCUT2D eigenvalue weighted by Crippen LogP contribution is -2.65. The first-order chi connectivity index (χ1) is 25.8. The summed E-state index contributed by atoms with van der Waals surface area (Å²) < 4.78 is 29.7. The van der Waals surface area contributed by atoms with Crippen LogP contribution in [0.25, 0.3) is 0 Å². The van der Waals surface area contributed by atoms with Gasteiger partial charge in [0.05, 0.1) is 6.04 Å². The second-order valence-electron chi connectivity index (χ2n) is 20.6. The topological polar surface area (TPSA) is 177 Å². The molecule has 3 heterocycles. The van der Waals surface area contributed by atoms with Crippen LogP contribution in [0.3, 0.4) is 0 Å². The van der Waals surface area contributed by atoms with E-state index in [2.05, 4.69) is 46.0 Å². The third-order valence-corrected chi connectivity index (χ3v) is 16.4. The van der Waals surface area contributed by atoms with Gasteiger partial charge in [0, 0.05) is 43.6 Å². The predicted octanol–water partition coefficient (Wildman–Crippen LogP) is 2.85. The number of likely N-dealkylation sites (tertiary alicyclic amines) is 2. The van der Waals surface area contributed by atoms with Crippen molar-refractivity contribution in [3.63, 3.8) is 0 Å². The summed E-state index contributed by atoms with van der Waals surface area (Å²) in [5.41, 5.74) is -3.52. The van der Waals surface area contributed by atoms with E-state index >= 15 is 4.79 Å². The molecular weight excluding hydrogens is 735 g/mol. The van der Waals surface area contributed by atoms with E-state index in [0.717, 1.165) is 25.8 Å². The van der Waals surface area contributed by atoms with Crippen molar-refractivity contribution in [2.75, 3.05) is 26.2 Å². The van der Waals surface area contributed by atoms with Gasteiger partial charge in [-0.2, -0.15) is 12.7 Å². The maximum atomic E-state index is 15.1. The van der Waals surface area contributed by atoms with Gasteiger partial charge >= 0.3 is 10.2 Å². The molecule has 3 saturated heterocycles. The van der Waals surface area contributed by atoms with E-state index in [9.17, 15) is 27.6 Å². The van der Waals surface area contributed by atoms with Gasteiger partial charge in [0.25, 0.3) is 5.91 Å². The Balaban J connectivity index is 1.27. The number of carbonyl (C=O) groups excluding carboxylic acids is 5. The first kappa shape index (κ1) is 42.6. The van der Waals surface area contributed by atoms with Crippen molar-refractivity contribution >= 4 is 39.7 Å². The largest absolute Gasteiger partial charge is 0.342 e. The summed E-state index contributed by atoms with van der Waals surface area (Å²) in [6, 6.07) is -3.10. The van der Waals surface area contributed by atoms with Crippen molar-refractivity contribution in [3.05, 3.63) is 12.7 Å². The van der Waals surface area contributed by atoms with Crippen molar-refractivity contribution in [3.8, 4) is 0 Å². The zero-order chi connectivity index (χ0) is 41.6. The van der Waals surface area contributed by atoms with E-state index in [4.69, 9.17) is 0 Å². The highest BCUT2D eigenvalue weighted by molar-refractivity contribution is 7.87. The molecule has 0 aromatic heterocycles. The molecule has 3 saturated carbocycles. The lowest BCUT2D eigenvalue weighted by molar-refractivity contribution is -0.146. The zero-order valence-corrected chi connectivity index (χ0v) is 36.2. The standard InChI is InChI=1S/C41H67N7O7S/c1-12-26-22-41(26,35(53)45-56(54,55)46-19-13-14-20-46)44-32(50)28-23-40(38(10,11)39(40)17-15-18-39)24-48(28)34(52)30(37(7,8)9)43-33(51)29(36(4,5)6)42-31(49)27-16-21-47(27)25(2)3/h12,25-30H,1,13-24H2,2-11H3,(H,42,49)(H,43,51)(H,44,50)(H,45,53)/t26-,27+,28+,29-,30-,40-,41-/m1/s1. The van der Waals surface area contributed by atoms with Crippen LogP contribution in [0.2, 0.25) is 0 Å². The predicted molar refractivity (Wildman–Crippen MR) is 213 cm³/mol. The van der Waals surface area contributed by atoms with Crippen LogP contribution in [0.1, 0.15) is 121 Å². The fraction of sp³-hybridized carbons (Fsp3) is 0.829. The zero-order valence-electron chi connectivity index (χ0n) is 35.3. The Morgan fingerprint density at radius 2 is 1.41 bits per heavy atom. The van der Waals surface area contributed by atoms with Crippen molar-refractivity contribution < 1.29 is 32.4 Å². The van der Waals surface area contributed by atoms with Crippen LogP contribution >= 0.6 is 0 Å². The molecular formula is C41H67N7O7S. The van der Waals surface area contributed by atoms with Gasteiger partial charge in [-0.3, -0.25) is 28.9 Å². The molecule has 4 N–H and O–H groups in total. The molecule has 0 aromatic rings. The molecule has 2 spiro atoms. The highest BCUT2D eigenvalue weighted by Crippen LogP contribution is 2.88. The maximum absolute atomic E-state index is 15.1. The van der Waals surface area contributed by atoms with E-state index in [1.807, 2.05) is 55.4 Å². The SMILES string of the molecule is C=C[C@@H]1C[C@]1(NC(=O)[C@@H]1C[C@@]2(CN1C(=O)[C@@H](NC(=O)[C@@H](NC(=O)[C@@H]1CCN1C(C)C)C(C)(C)C)C(C)(C)C)C(C)(C)C21CCC1)C(=O)NS(=O)(=O)N1CCCC1. The van der Waals surface area contributed by atoms with Gasteiger partial charge < -0.3 is 20.9 Å². The molecule has 6 rings (SSSR count). The molecule has 0 aromatic carbocycles. The Morgan fingerprint density at radius 3 is 1.86 bits per heavy atom. The molecule has 6 aliphatic rings. The summed E-state index contributed by atoms with van der Waals surface area (Å²) in [6.07, 6.45) is 7.30. The molecule has 3 aliphatic carbocycles. The van der Waals surface area contributed by atoms with Gasteiger partial charge in [-0.25, -0.2) is 4.72 Å². The Labute approximate surface area is 334 Å². The van der Waals surface area contributed by atoms with Crippen molar-refractivity contribution in [1.29, 1.82) is 0 Å². The van der Waals surface area contributed by atoms with Crippen LogP contribution in [0.15, 0.2) is 12.7 Å². The van der Waals surface area contributed by atoms with E-state index < -0.39 is 74.3 Å². The molecule has 3 aliphatic heterocycles. The number of nitrogens with zero attached hydrogens (tertiary/aromatic N) is 3. The molecule has 314 valence electrons. The minimum Gasteiger partial charge on any atom is -0.342 e. The minimum atomic E-state index is -4.11. The van der Waals surface area contributed by atoms with E-state index in [0.29, 0.717) is 45.3 Å². The monoisotopic (exact) mass is 801 g/mol. The first-order valence-corrected chi connectivity index (χ1v) is 22.2. The highest BCUT2D eigenvalue weighted by Gasteiger charge is 2.85. The van der Waals surface area contributed by atoms with E-state index in [1.165, 1.54) is 4.31 Å². The molecule has 0 bridgehead atoms. The smallest absolute Gasteiger partial charge is 0.303 e. The summed E-state index contributed by atoms with van der Waals surface area (Å²) in [4.78, 5) is 75.1. The van der Waals surface area contributed by atoms with Crippen LogP contribution in [0.5, 0.6) is 0 Å². The van der Waals surface area contributed by atoms with E-state index in [-0.39, 0.29) is 40.7 Å². The van der Waals surface area contributed by atoms with Gasteiger partial charge in [0.15, 0.2) is 0 Å². The molecule has 6 fully saturated rings. The Kier molecular flexibility index (Phi) is 10.7. The number of carbonyl (C=O) groups is 5. The molecule has 15 heteroatoms. The van der Waals surface area contributed by atoms with Crippen molar-refractivity contribution in [1.82, 2.24) is 34.8 Å². The van der Waals surface area contributed by atoms with Gasteiger partial charge in [0.2, 0.25) is 23.6 Å². The lowest BCUT2D eigenvalue weighted by atomic mass is 9.73. The average molecular weight is 802 g/mol. The van der Waals surface area contributed by atoms with Gasteiger partial charge in [0.1, 0.15) is 23.7 Å². The Bertz CT molecular complexity index is 1760. The van der Waals surface area contributed by atoms with Gasteiger partial charge in [-0.05, 0) is 80.5 Å². The molecule has 0 radical (unpaired) electrons. The Morgan fingerprint density at radius 1 is 0.804 bits per heavy atom. The van der Waals surface area contributed by atoms with Crippen molar-refractivity contribution in [2.24, 2.45) is 33.0 Å².